The monoisotopic (exact) mass is 395 g/mol. The van der Waals surface area contributed by atoms with E-state index in [1.807, 2.05) is 22.7 Å². The first-order valence-electron chi connectivity index (χ1n) is 9.39. The van der Waals surface area contributed by atoms with Gasteiger partial charge in [-0.25, -0.2) is 0 Å². The number of thiophene rings is 2. The number of nitrogens with zero attached hydrogens (tertiary/aromatic N) is 1. The highest BCUT2D eigenvalue weighted by Gasteiger charge is 2.13. The fraction of sp³-hybridized carbons (Fsp3) is 0.0800. The smallest absolute Gasteiger partial charge is 0.0730 e. The average Bonchev–Trinajstić information content (AvgIpc) is 3.25. The van der Waals surface area contributed by atoms with Gasteiger partial charge in [-0.3, -0.25) is 4.98 Å². The number of fused-ring (bicyclic) bond motifs is 6. The molecule has 3 aromatic carbocycles. The van der Waals surface area contributed by atoms with Crippen molar-refractivity contribution in [1.82, 2.24) is 4.98 Å². The second-order valence-electron chi connectivity index (χ2n) is 7.40. The van der Waals surface area contributed by atoms with Gasteiger partial charge in [0.1, 0.15) is 0 Å². The van der Waals surface area contributed by atoms with Crippen LogP contribution in [0.5, 0.6) is 0 Å². The zero-order chi connectivity index (χ0) is 18.8. The van der Waals surface area contributed by atoms with Gasteiger partial charge in [0.2, 0.25) is 0 Å². The van der Waals surface area contributed by atoms with E-state index in [-0.39, 0.29) is 0 Å². The van der Waals surface area contributed by atoms with E-state index < -0.39 is 0 Å². The highest BCUT2D eigenvalue weighted by Crippen LogP contribution is 2.41. The van der Waals surface area contributed by atoms with Gasteiger partial charge in [0.25, 0.3) is 0 Å². The topological polar surface area (TPSA) is 12.9 Å². The van der Waals surface area contributed by atoms with Crippen LogP contribution in [-0.4, -0.2) is 4.98 Å². The molecule has 0 radical (unpaired) electrons. The van der Waals surface area contributed by atoms with Gasteiger partial charge in [-0.05, 0) is 37.1 Å². The lowest BCUT2D eigenvalue weighted by Crippen LogP contribution is -1.83. The SMILES string of the molecule is Cc1ccc2c(c1)sc1c(-c3cc4sc5c(C)cccc5c4cn3)cccc12. The lowest BCUT2D eigenvalue weighted by molar-refractivity contribution is 1.37. The fourth-order valence-electron chi connectivity index (χ4n) is 4.09. The van der Waals surface area contributed by atoms with Gasteiger partial charge in [-0.2, -0.15) is 0 Å². The molecule has 0 saturated carbocycles. The molecule has 0 atom stereocenters. The summed E-state index contributed by atoms with van der Waals surface area (Å²) in [6.07, 6.45) is 2.05. The van der Waals surface area contributed by atoms with E-state index in [2.05, 4.69) is 80.7 Å². The maximum atomic E-state index is 4.88. The Labute approximate surface area is 170 Å². The Hall–Kier alpha value is -2.75. The zero-order valence-electron chi connectivity index (χ0n) is 15.6. The Balaban J connectivity index is 1.64. The number of aryl methyl sites for hydroxylation is 2. The van der Waals surface area contributed by atoms with Gasteiger partial charge in [-0.15, -0.1) is 22.7 Å². The van der Waals surface area contributed by atoms with Crippen LogP contribution < -0.4 is 0 Å². The molecule has 0 amide bonds. The van der Waals surface area contributed by atoms with Crippen LogP contribution in [-0.2, 0) is 0 Å². The summed E-state index contributed by atoms with van der Waals surface area (Å²) >= 11 is 3.75. The second kappa shape index (κ2) is 5.87. The zero-order valence-corrected chi connectivity index (χ0v) is 17.2. The Morgan fingerprint density at radius 1 is 0.679 bits per heavy atom. The van der Waals surface area contributed by atoms with Crippen LogP contribution in [0.1, 0.15) is 11.1 Å². The van der Waals surface area contributed by atoms with Gasteiger partial charge in [0.05, 0.1) is 5.69 Å². The summed E-state index contributed by atoms with van der Waals surface area (Å²) in [7, 11) is 0. The third-order valence-corrected chi connectivity index (χ3v) is 8.02. The minimum atomic E-state index is 1.06. The van der Waals surface area contributed by atoms with Crippen LogP contribution in [0.4, 0.5) is 0 Å². The Morgan fingerprint density at radius 3 is 2.32 bits per heavy atom. The molecule has 0 fully saturated rings. The van der Waals surface area contributed by atoms with Crippen molar-refractivity contribution in [2.45, 2.75) is 13.8 Å². The summed E-state index contributed by atoms with van der Waals surface area (Å²) in [5, 5.41) is 5.23. The summed E-state index contributed by atoms with van der Waals surface area (Å²) in [5.41, 5.74) is 4.93. The molecule has 6 rings (SSSR count). The molecule has 6 aromatic rings. The first-order chi connectivity index (χ1) is 13.7. The van der Waals surface area contributed by atoms with Crippen molar-refractivity contribution in [1.29, 1.82) is 0 Å². The number of hydrogen-bond acceptors (Lipinski definition) is 3. The van der Waals surface area contributed by atoms with Crippen molar-refractivity contribution in [3.05, 3.63) is 78.0 Å². The van der Waals surface area contributed by atoms with Crippen molar-refractivity contribution in [3.8, 4) is 11.3 Å². The molecular weight excluding hydrogens is 378 g/mol. The van der Waals surface area contributed by atoms with Crippen molar-refractivity contribution in [3.63, 3.8) is 0 Å². The molecule has 0 bridgehead atoms. The molecule has 0 saturated heterocycles. The molecule has 0 aliphatic carbocycles. The highest BCUT2D eigenvalue weighted by atomic mass is 32.1. The number of pyridine rings is 1. The molecule has 0 aliphatic rings. The number of aromatic nitrogens is 1. The van der Waals surface area contributed by atoms with Crippen molar-refractivity contribution >= 4 is 63.0 Å². The minimum Gasteiger partial charge on any atom is -0.255 e. The lowest BCUT2D eigenvalue weighted by Gasteiger charge is -2.03. The Kier molecular flexibility index (Phi) is 3.40. The van der Waals surface area contributed by atoms with E-state index in [0.717, 1.165) is 5.69 Å². The molecule has 0 spiro atoms. The normalized spacial score (nSPS) is 11.9. The fourth-order valence-corrected chi connectivity index (χ4v) is 6.59. The van der Waals surface area contributed by atoms with Crippen LogP contribution in [0.25, 0.3) is 51.6 Å². The average molecular weight is 396 g/mol. The number of benzene rings is 3. The highest BCUT2D eigenvalue weighted by molar-refractivity contribution is 7.26. The second-order valence-corrected chi connectivity index (χ2v) is 9.51. The molecular formula is C25H17NS2. The molecule has 3 aromatic heterocycles. The maximum Gasteiger partial charge on any atom is 0.0730 e. The molecule has 0 N–H and O–H groups in total. The maximum absolute atomic E-state index is 4.88. The van der Waals surface area contributed by atoms with E-state index >= 15 is 0 Å². The van der Waals surface area contributed by atoms with E-state index in [1.54, 1.807) is 0 Å². The minimum absolute atomic E-state index is 1.06. The molecule has 0 aliphatic heterocycles. The summed E-state index contributed by atoms with van der Waals surface area (Å²) in [5.74, 6) is 0. The Morgan fingerprint density at radius 2 is 1.43 bits per heavy atom. The standard InChI is InChI=1S/C25H17NS2/c1-14-9-10-16-17-7-4-8-19(25(17)28-22(16)11-14)21-12-23-20(13-26-21)18-6-3-5-15(2)24(18)27-23/h3-13H,1-2H3. The summed E-state index contributed by atoms with van der Waals surface area (Å²) in [6.45, 7) is 4.34. The molecule has 3 heterocycles. The number of hydrogen-bond donors (Lipinski definition) is 0. The van der Waals surface area contributed by atoms with Crippen molar-refractivity contribution in [2.24, 2.45) is 0 Å². The van der Waals surface area contributed by atoms with Crippen molar-refractivity contribution in [2.75, 3.05) is 0 Å². The summed E-state index contributed by atoms with van der Waals surface area (Å²) in [6, 6.07) is 22.1. The summed E-state index contributed by atoms with van der Waals surface area (Å²) in [4.78, 5) is 4.88. The number of rotatable bonds is 1. The summed E-state index contributed by atoms with van der Waals surface area (Å²) < 4.78 is 5.35. The van der Waals surface area contributed by atoms with Crippen LogP contribution in [0.3, 0.4) is 0 Å². The van der Waals surface area contributed by atoms with Gasteiger partial charge < -0.3 is 0 Å². The molecule has 134 valence electrons. The van der Waals surface area contributed by atoms with E-state index in [4.69, 9.17) is 4.98 Å². The first-order valence-corrected chi connectivity index (χ1v) is 11.0. The predicted octanol–water partition coefficient (Wildman–Crippen LogP) is 8.10. The Bertz CT molecular complexity index is 1530. The quantitative estimate of drug-likeness (QED) is 0.274. The van der Waals surface area contributed by atoms with E-state index in [0.29, 0.717) is 0 Å². The van der Waals surface area contributed by atoms with Crippen LogP contribution in [0, 0.1) is 13.8 Å². The third-order valence-electron chi connectivity index (χ3n) is 5.51. The molecule has 1 nitrogen and oxygen atoms in total. The van der Waals surface area contributed by atoms with Crippen LogP contribution >= 0.6 is 22.7 Å². The van der Waals surface area contributed by atoms with Gasteiger partial charge in [0.15, 0.2) is 0 Å². The van der Waals surface area contributed by atoms with Gasteiger partial charge >= 0.3 is 0 Å². The van der Waals surface area contributed by atoms with Gasteiger partial charge in [-0.1, -0.05) is 48.5 Å². The molecule has 0 unspecified atom stereocenters. The lowest BCUT2D eigenvalue weighted by atomic mass is 10.1. The predicted molar refractivity (Wildman–Crippen MR) is 125 cm³/mol. The van der Waals surface area contributed by atoms with E-state index in [9.17, 15) is 0 Å². The molecule has 3 heteroatoms. The third kappa shape index (κ3) is 2.27. The van der Waals surface area contributed by atoms with Gasteiger partial charge in [0, 0.05) is 52.1 Å². The molecule has 28 heavy (non-hydrogen) atoms. The van der Waals surface area contributed by atoms with Crippen LogP contribution in [0.15, 0.2) is 66.9 Å². The first kappa shape index (κ1) is 16.2. The van der Waals surface area contributed by atoms with Crippen molar-refractivity contribution < 1.29 is 0 Å². The van der Waals surface area contributed by atoms with Crippen LogP contribution in [0.2, 0.25) is 0 Å². The van der Waals surface area contributed by atoms with E-state index in [1.165, 1.54) is 57.0 Å². The largest absolute Gasteiger partial charge is 0.255 e.